The van der Waals surface area contributed by atoms with Crippen LogP contribution in [0.2, 0.25) is 0 Å². The molecule has 8 nitrogen and oxygen atoms in total. The third-order valence-electron chi connectivity index (χ3n) is 6.05. The van der Waals surface area contributed by atoms with E-state index in [9.17, 15) is 15.0 Å². The molecule has 210 valence electrons. The fraction of sp³-hybridized carbons (Fsp3) is 0.963. The van der Waals surface area contributed by atoms with Crippen LogP contribution in [0.15, 0.2) is 0 Å². The van der Waals surface area contributed by atoms with Gasteiger partial charge in [-0.15, -0.1) is 0 Å². The summed E-state index contributed by atoms with van der Waals surface area (Å²) in [6.07, 6.45) is 17.7. The van der Waals surface area contributed by atoms with Crippen LogP contribution in [0.1, 0.15) is 110 Å². The lowest BCUT2D eigenvalue weighted by Crippen LogP contribution is -2.42. The summed E-state index contributed by atoms with van der Waals surface area (Å²) in [5.74, 6) is -0.0812. The second-order valence-electron chi connectivity index (χ2n) is 9.71. The zero-order valence-corrected chi connectivity index (χ0v) is 22.3. The molecule has 0 aliphatic carbocycles. The summed E-state index contributed by atoms with van der Waals surface area (Å²) in [6, 6.07) is -0.435. The van der Waals surface area contributed by atoms with Gasteiger partial charge in [-0.25, -0.2) is 0 Å². The molecule has 0 fully saturated rings. The summed E-state index contributed by atoms with van der Waals surface area (Å²) < 4.78 is 10.7. The minimum absolute atomic E-state index is 0.0405. The van der Waals surface area contributed by atoms with Crippen molar-refractivity contribution in [1.29, 1.82) is 0 Å². The molecular formula is C27H55NO7. The van der Waals surface area contributed by atoms with Gasteiger partial charge in [-0.2, -0.15) is 0 Å². The lowest BCUT2D eigenvalue weighted by Gasteiger charge is -2.20. The summed E-state index contributed by atoms with van der Waals surface area (Å²) in [6.45, 7) is 1.63. The molecule has 8 heteroatoms. The van der Waals surface area contributed by atoms with E-state index in [1.807, 2.05) is 0 Å². The van der Waals surface area contributed by atoms with Gasteiger partial charge in [-0.05, 0) is 6.42 Å². The largest absolute Gasteiger partial charge is 0.394 e. The Hall–Kier alpha value is -0.770. The van der Waals surface area contributed by atoms with Crippen molar-refractivity contribution in [1.82, 2.24) is 5.32 Å². The van der Waals surface area contributed by atoms with Gasteiger partial charge in [0.05, 0.1) is 45.7 Å². The molecule has 0 heterocycles. The average Bonchev–Trinajstić information content (AvgIpc) is 2.85. The Balaban J connectivity index is 3.77. The minimum atomic E-state index is -0.969. The fourth-order valence-electron chi connectivity index (χ4n) is 3.89. The Labute approximate surface area is 213 Å². The Morgan fingerprint density at radius 3 is 1.37 bits per heavy atom. The topological polar surface area (TPSA) is 128 Å². The molecular weight excluding hydrogens is 450 g/mol. The lowest BCUT2D eigenvalue weighted by molar-refractivity contribution is -0.123. The maximum atomic E-state index is 12.3. The fourth-order valence-corrected chi connectivity index (χ4v) is 3.89. The van der Waals surface area contributed by atoms with Crippen LogP contribution >= 0.6 is 0 Å². The number of rotatable bonds is 27. The van der Waals surface area contributed by atoms with Crippen molar-refractivity contribution in [2.24, 2.45) is 0 Å². The van der Waals surface area contributed by atoms with Crippen LogP contribution in [0.25, 0.3) is 0 Å². The highest BCUT2D eigenvalue weighted by Crippen LogP contribution is 2.13. The number of carbonyl (C=O) groups excluding carboxylic acids is 1. The molecule has 0 aromatic carbocycles. The summed E-state index contributed by atoms with van der Waals surface area (Å²) in [5, 5.41) is 39.4. The molecule has 0 radical (unpaired) electrons. The van der Waals surface area contributed by atoms with E-state index in [-0.39, 0.29) is 32.3 Å². The summed E-state index contributed by atoms with van der Waals surface area (Å²) in [7, 11) is 0. The molecule has 0 saturated carbocycles. The predicted molar refractivity (Wildman–Crippen MR) is 139 cm³/mol. The molecule has 0 aromatic heterocycles. The molecule has 0 spiro atoms. The molecule has 0 aliphatic heterocycles. The third-order valence-corrected chi connectivity index (χ3v) is 6.05. The molecule has 2 unspecified atom stereocenters. The Morgan fingerprint density at radius 2 is 1.00 bits per heavy atom. The van der Waals surface area contributed by atoms with Crippen molar-refractivity contribution < 1.29 is 34.7 Å². The van der Waals surface area contributed by atoms with E-state index in [1.165, 1.54) is 77.0 Å². The van der Waals surface area contributed by atoms with Crippen LogP contribution in [0.3, 0.4) is 0 Å². The number of aliphatic hydroxyl groups excluding tert-OH is 4. The SMILES string of the molecule is CCCCCCCCCCCCCCCCCC(=O)NC(COCC(O)CO)COCC(O)CO. The van der Waals surface area contributed by atoms with Crippen LogP contribution in [0, 0.1) is 0 Å². The first-order valence-electron chi connectivity index (χ1n) is 14.1. The molecule has 0 aliphatic rings. The Bertz CT molecular complexity index is 437. The van der Waals surface area contributed by atoms with Gasteiger partial charge in [-0.1, -0.05) is 96.8 Å². The highest BCUT2D eigenvalue weighted by atomic mass is 16.5. The normalized spacial score (nSPS) is 14.1. The van der Waals surface area contributed by atoms with E-state index in [0.717, 1.165) is 19.3 Å². The number of aliphatic hydroxyl groups is 4. The molecule has 1 amide bonds. The zero-order chi connectivity index (χ0) is 26.0. The molecule has 5 N–H and O–H groups in total. The van der Waals surface area contributed by atoms with Gasteiger partial charge in [0.1, 0.15) is 12.2 Å². The Morgan fingerprint density at radius 1 is 0.629 bits per heavy atom. The number of unbranched alkanes of at least 4 members (excludes halogenated alkanes) is 14. The van der Waals surface area contributed by atoms with Crippen LogP contribution in [0.5, 0.6) is 0 Å². The number of hydrogen-bond acceptors (Lipinski definition) is 7. The standard InChI is InChI=1S/C27H55NO7/c1-2-3-4-5-6-7-8-9-10-11-12-13-14-15-16-17-27(33)28-24(20-34-22-25(31)18-29)21-35-23-26(32)19-30/h24-26,29-32H,2-23H2,1H3,(H,28,33). The first-order valence-corrected chi connectivity index (χ1v) is 14.1. The number of carbonyl (C=O) groups is 1. The van der Waals surface area contributed by atoms with E-state index in [0.29, 0.717) is 6.42 Å². The van der Waals surface area contributed by atoms with Gasteiger partial charge in [-0.3, -0.25) is 4.79 Å². The number of nitrogens with one attached hydrogen (secondary N) is 1. The van der Waals surface area contributed by atoms with Crippen molar-refractivity contribution in [2.45, 2.75) is 128 Å². The van der Waals surface area contributed by atoms with Crippen molar-refractivity contribution in [3.63, 3.8) is 0 Å². The molecule has 35 heavy (non-hydrogen) atoms. The van der Waals surface area contributed by atoms with E-state index < -0.39 is 31.5 Å². The molecule has 0 saturated heterocycles. The number of amides is 1. The minimum Gasteiger partial charge on any atom is -0.394 e. The van der Waals surface area contributed by atoms with Crippen molar-refractivity contribution in [3.05, 3.63) is 0 Å². The highest BCUT2D eigenvalue weighted by Gasteiger charge is 2.15. The maximum absolute atomic E-state index is 12.3. The molecule has 0 aromatic rings. The third kappa shape index (κ3) is 24.7. The summed E-state index contributed by atoms with van der Waals surface area (Å²) >= 11 is 0. The quantitative estimate of drug-likeness (QED) is 0.108. The number of hydrogen-bond donors (Lipinski definition) is 5. The second kappa shape index (κ2) is 26.3. The highest BCUT2D eigenvalue weighted by molar-refractivity contribution is 5.76. The monoisotopic (exact) mass is 505 g/mol. The number of ether oxygens (including phenoxy) is 2. The van der Waals surface area contributed by atoms with Gasteiger partial charge in [0.25, 0.3) is 0 Å². The van der Waals surface area contributed by atoms with E-state index in [2.05, 4.69) is 12.2 Å². The zero-order valence-electron chi connectivity index (χ0n) is 22.3. The smallest absolute Gasteiger partial charge is 0.220 e. The first-order chi connectivity index (χ1) is 17.0. The lowest BCUT2D eigenvalue weighted by atomic mass is 10.0. The maximum Gasteiger partial charge on any atom is 0.220 e. The second-order valence-corrected chi connectivity index (χ2v) is 9.71. The van der Waals surface area contributed by atoms with Crippen molar-refractivity contribution in [3.8, 4) is 0 Å². The van der Waals surface area contributed by atoms with Crippen LogP contribution in [-0.4, -0.2) is 84.2 Å². The van der Waals surface area contributed by atoms with E-state index in [4.69, 9.17) is 19.7 Å². The average molecular weight is 506 g/mol. The van der Waals surface area contributed by atoms with Gasteiger partial charge in [0.15, 0.2) is 0 Å². The van der Waals surface area contributed by atoms with Gasteiger partial charge < -0.3 is 35.2 Å². The van der Waals surface area contributed by atoms with Gasteiger partial charge in [0.2, 0.25) is 5.91 Å². The summed E-state index contributed by atoms with van der Waals surface area (Å²) in [5.41, 5.74) is 0. The predicted octanol–water partition coefficient (Wildman–Crippen LogP) is 3.47. The van der Waals surface area contributed by atoms with Crippen LogP contribution in [0.4, 0.5) is 0 Å². The van der Waals surface area contributed by atoms with Gasteiger partial charge in [0, 0.05) is 6.42 Å². The first kappa shape index (κ1) is 34.2. The van der Waals surface area contributed by atoms with E-state index >= 15 is 0 Å². The van der Waals surface area contributed by atoms with Crippen molar-refractivity contribution in [2.75, 3.05) is 39.6 Å². The van der Waals surface area contributed by atoms with E-state index in [1.54, 1.807) is 0 Å². The summed E-state index contributed by atoms with van der Waals surface area (Å²) in [4.78, 5) is 12.3. The molecule has 2 atom stereocenters. The van der Waals surface area contributed by atoms with Crippen LogP contribution < -0.4 is 5.32 Å². The Kier molecular flexibility index (Phi) is 25.7. The van der Waals surface area contributed by atoms with Crippen LogP contribution in [-0.2, 0) is 14.3 Å². The van der Waals surface area contributed by atoms with Crippen molar-refractivity contribution >= 4 is 5.91 Å². The molecule has 0 bridgehead atoms. The van der Waals surface area contributed by atoms with Gasteiger partial charge >= 0.3 is 0 Å². The molecule has 0 rings (SSSR count).